The van der Waals surface area contributed by atoms with Crippen LogP contribution in [0.1, 0.15) is 255 Å². The Kier molecular flexibility index (Phi) is 29.2. The molecule has 6 aromatic rings. The number of aromatic nitrogens is 2. The normalized spacial score (nSPS) is 11.7. The second-order valence-corrected chi connectivity index (χ2v) is 26.6. The first kappa shape index (κ1) is 60.6. The molecule has 0 spiro atoms. The van der Waals surface area contributed by atoms with Gasteiger partial charge in [-0.3, -0.25) is 0 Å². The summed E-state index contributed by atoms with van der Waals surface area (Å²) in [5.41, 5.74) is 14.3. The average molecular weight is 1170 g/mol. The van der Waals surface area contributed by atoms with Gasteiger partial charge in [0.15, 0.2) is 0 Å². The Bertz CT molecular complexity index is 2280. The zero-order chi connectivity index (χ0) is 52.0. The van der Waals surface area contributed by atoms with Crippen LogP contribution in [0, 0.1) is 0 Å². The van der Waals surface area contributed by atoms with Gasteiger partial charge in [-0.2, -0.15) is 0 Å². The van der Waals surface area contributed by atoms with Gasteiger partial charge in [0.25, 0.3) is 0 Å². The number of aryl methyl sites for hydroxylation is 4. The lowest BCUT2D eigenvalue weighted by Crippen LogP contribution is -1.99. The van der Waals surface area contributed by atoms with Crippen molar-refractivity contribution in [1.29, 1.82) is 0 Å². The predicted octanol–water partition coefficient (Wildman–Crippen LogP) is 24.7. The van der Waals surface area contributed by atoms with Crippen molar-refractivity contribution in [2.24, 2.45) is 0 Å². The maximum absolute atomic E-state index is 5.85. The molecule has 0 saturated carbocycles. The van der Waals surface area contributed by atoms with Crippen LogP contribution in [-0.2, 0) is 25.7 Å². The first-order chi connectivity index (χ1) is 36.4. The van der Waals surface area contributed by atoms with E-state index in [1.807, 2.05) is 22.7 Å². The molecular weight excluding hydrogens is 1070 g/mol. The van der Waals surface area contributed by atoms with Gasteiger partial charge in [-0.25, -0.2) is 9.97 Å². The van der Waals surface area contributed by atoms with Crippen molar-refractivity contribution < 1.29 is 0 Å². The van der Waals surface area contributed by atoms with Gasteiger partial charge in [0.1, 0.15) is 0 Å². The van der Waals surface area contributed by atoms with Crippen molar-refractivity contribution in [2.75, 3.05) is 0 Å². The number of rotatable bonds is 40. The SMILES string of the molecule is CCCCCCCCCCCCc1cc(-c2ccc(-c3cc(CCCCCCCCCCCC)c(Br)s3)c3nc(-c4ccc(CCCCCCCC)cc4)c(-c4ccc(CCCCCCCC)cc4)nc23)sc1Br. The van der Waals surface area contributed by atoms with E-state index in [-0.39, 0.29) is 0 Å². The van der Waals surface area contributed by atoms with E-state index in [2.05, 4.69) is 132 Å². The number of fused-ring (bicyclic) bond motifs is 1. The van der Waals surface area contributed by atoms with E-state index in [4.69, 9.17) is 9.97 Å². The topological polar surface area (TPSA) is 25.8 Å². The van der Waals surface area contributed by atoms with E-state index in [0.717, 1.165) is 59.2 Å². The number of nitrogens with zero attached hydrogens (tertiary/aromatic N) is 2. The highest BCUT2D eigenvalue weighted by molar-refractivity contribution is 9.11. The quantitative estimate of drug-likeness (QED) is 0.0358. The minimum Gasteiger partial charge on any atom is -0.243 e. The third kappa shape index (κ3) is 20.3. The van der Waals surface area contributed by atoms with Crippen LogP contribution in [0.4, 0.5) is 0 Å². The Labute approximate surface area is 476 Å². The van der Waals surface area contributed by atoms with Crippen molar-refractivity contribution in [3.63, 3.8) is 0 Å². The van der Waals surface area contributed by atoms with Crippen LogP contribution in [0.2, 0.25) is 0 Å². The molecule has 0 aliphatic rings. The van der Waals surface area contributed by atoms with E-state index in [9.17, 15) is 0 Å². The summed E-state index contributed by atoms with van der Waals surface area (Å²) in [6.45, 7) is 9.21. The maximum atomic E-state index is 5.85. The fraction of sp³-hybridized carbons (Fsp3) is 0.588. The maximum Gasteiger partial charge on any atom is 0.0988 e. The Hall–Kier alpha value is -2.64. The smallest absolute Gasteiger partial charge is 0.0988 e. The number of hydrogen-bond donors (Lipinski definition) is 0. The molecule has 3 heterocycles. The van der Waals surface area contributed by atoms with Gasteiger partial charge >= 0.3 is 0 Å². The van der Waals surface area contributed by atoms with E-state index >= 15 is 0 Å². The molecule has 0 aliphatic heterocycles. The highest BCUT2D eigenvalue weighted by Gasteiger charge is 2.22. The Morgan fingerprint density at radius 3 is 0.892 bits per heavy atom. The summed E-state index contributed by atoms with van der Waals surface area (Å²) in [7, 11) is 0. The summed E-state index contributed by atoms with van der Waals surface area (Å²) in [6, 6.07) is 28.3. The van der Waals surface area contributed by atoms with Gasteiger partial charge < -0.3 is 0 Å². The molecule has 0 radical (unpaired) electrons. The minimum absolute atomic E-state index is 0.973. The largest absolute Gasteiger partial charge is 0.243 e. The molecular formula is C68H96Br2N2S2. The first-order valence-corrected chi connectivity index (χ1v) is 33.8. The van der Waals surface area contributed by atoms with E-state index in [1.54, 1.807) is 0 Å². The molecule has 6 heteroatoms. The van der Waals surface area contributed by atoms with Crippen LogP contribution in [0.3, 0.4) is 0 Å². The molecule has 0 bridgehead atoms. The fourth-order valence-corrected chi connectivity index (χ4v) is 14.4. The summed E-state index contributed by atoms with van der Waals surface area (Å²) in [5.74, 6) is 0. The zero-order valence-electron chi connectivity index (χ0n) is 46.9. The van der Waals surface area contributed by atoms with Crippen LogP contribution in [-0.4, -0.2) is 9.97 Å². The molecule has 0 unspecified atom stereocenters. The molecule has 2 nitrogen and oxygen atoms in total. The molecule has 0 fully saturated rings. The molecule has 0 saturated heterocycles. The molecule has 0 amide bonds. The van der Waals surface area contributed by atoms with Crippen molar-refractivity contribution >= 4 is 65.6 Å². The van der Waals surface area contributed by atoms with Gasteiger partial charge in [-0.1, -0.05) is 268 Å². The number of halogens is 2. The van der Waals surface area contributed by atoms with Gasteiger partial charge in [0.05, 0.1) is 30.0 Å². The lowest BCUT2D eigenvalue weighted by molar-refractivity contribution is 0.556. The minimum atomic E-state index is 0.973. The van der Waals surface area contributed by atoms with Crippen molar-refractivity contribution in [3.8, 4) is 43.4 Å². The van der Waals surface area contributed by atoms with E-state index in [0.29, 0.717) is 0 Å². The van der Waals surface area contributed by atoms with Gasteiger partial charge in [-0.15, -0.1) is 22.7 Å². The highest BCUT2D eigenvalue weighted by atomic mass is 79.9. The van der Waals surface area contributed by atoms with Crippen LogP contribution < -0.4 is 0 Å². The van der Waals surface area contributed by atoms with Crippen molar-refractivity contribution in [3.05, 3.63) is 103 Å². The number of benzene rings is 3. The molecule has 6 rings (SSSR count). The van der Waals surface area contributed by atoms with E-state index < -0.39 is 0 Å². The summed E-state index contributed by atoms with van der Waals surface area (Å²) in [4.78, 5) is 14.2. The predicted molar refractivity (Wildman–Crippen MR) is 338 cm³/mol. The molecule has 74 heavy (non-hydrogen) atoms. The van der Waals surface area contributed by atoms with Gasteiger partial charge in [0, 0.05) is 32.0 Å². The molecule has 0 aliphatic carbocycles. The zero-order valence-corrected chi connectivity index (χ0v) is 51.7. The second-order valence-electron chi connectivity index (χ2n) is 21.9. The summed E-state index contributed by atoms with van der Waals surface area (Å²) in [5, 5.41) is 0. The van der Waals surface area contributed by atoms with Crippen LogP contribution in [0.5, 0.6) is 0 Å². The van der Waals surface area contributed by atoms with Gasteiger partial charge in [-0.05, 0) is 118 Å². The molecule has 3 aromatic heterocycles. The van der Waals surface area contributed by atoms with E-state index in [1.165, 1.54) is 256 Å². The number of unbranched alkanes of at least 4 members (excludes halogenated alkanes) is 28. The summed E-state index contributed by atoms with van der Waals surface area (Å²) < 4.78 is 2.51. The lowest BCUT2D eigenvalue weighted by atomic mass is 9.97. The summed E-state index contributed by atoms with van der Waals surface area (Å²) in [6.07, 6.45) is 47.4. The first-order valence-electron chi connectivity index (χ1n) is 30.5. The second kappa shape index (κ2) is 35.7. The Balaban J connectivity index is 1.32. The molecule has 0 atom stereocenters. The standard InChI is InChI=1S/C68H96Br2N2S2/c1-5-9-13-17-21-23-25-27-31-35-39-57-51-61(73-67(57)69)59-49-50-60(62-52-58(68(70)74-62)40-36-32-28-26-24-22-18-14-10-6-2)66-65(59)71-63(55-45-41-53(42-46-55)37-33-29-19-15-11-7-3)64(72-66)56-47-43-54(44-48-56)38-34-30-20-16-12-8-4/h41-52H,5-40H2,1-4H3. The number of hydrogen-bond acceptors (Lipinski definition) is 4. The van der Waals surface area contributed by atoms with Crippen LogP contribution in [0.15, 0.2) is 80.4 Å². The fourth-order valence-electron chi connectivity index (χ4n) is 10.8. The van der Waals surface area contributed by atoms with Crippen LogP contribution >= 0.6 is 54.5 Å². The molecule has 0 N–H and O–H groups in total. The summed E-state index contributed by atoms with van der Waals surface area (Å²) >= 11 is 11.9. The molecule has 3 aromatic carbocycles. The Morgan fingerprint density at radius 1 is 0.324 bits per heavy atom. The van der Waals surface area contributed by atoms with Crippen molar-refractivity contribution in [1.82, 2.24) is 9.97 Å². The van der Waals surface area contributed by atoms with Gasteiger partial charge in [0.2, 0.25) is 0 Å². The Morgan fingerprint density at radius 2 is 0.595 bits per heavy atom. The third-order valence-corrected chi connectivity index (χ3v) is 19.5. The number of thiophene rings is 2. The molecule has 404 valence electrons. The van der Waals surface area contributed by atoms with Crippen molar-refractivity contribution in [2.45, 2.75) is 259 Å². The monoisotopic (exact) mass is 1160 g/mol. The third-order valence-electron chi connectivity index (χ3n) is 15.6. The highest BCUT2D eigenvalue weighted by Crippen LogP contribution is 2.45. The lowest BCUT2D eigenvalue weighted by Gasteiger charge is -2.15. The average Bonchev–Trinajstić information content (AvgIpc) is 3.99. The van der Waals surface area contributed by atoms with Crippen LogP contribution in [0.25, 0.3) is 54.4 Å².